The third-order valence-corrected chi connectivity index (χ3v) is 6.23. The number of hydrogen-bond acceptors (Lipinski definition) is 6. The molecule has 3 aromatic rings. The van der Waals surface area contributed by atoms with Crippen LogP contribution in [0.3, 0.4) is 0 Å². The Morgan fingerprint density at radius 2 is 1.79 bits per heavy atom. The molecular weight excluding hydrogens is 454 g/mol. The number of aromatic nitrogens is 2. The number of aryl methyl sites for hydroxylation is 2. The lowest BCUT2D eigenvalue weighted by molar-refractivity contribution is -0.384. The highest BCUT2D eigenvalue weighted by Crippen LogP contribution is 2.27. The van der Waals surface area contributed by atoms with Gasteiger partial charge in [0.2, 0.25) is 0 Å². The molecule has 0 radical (unpaired) electrons. The molecule has 0 aliphatic carbocycles. The number of nitrogens with zero attached hydrogens (tertiary/aromatic N) is 5. The molecule has 0 spiro atoms. The number of carbonyl (C=O) groups excluding carboxylic acids is 1. The molecule has 1 saturated heterocycles. The summed E-state index contributed by atoms with van der Waals surface area (Å²) in [5.74, 6) is 1.43. The lowest BCUT2D eigenvalue weighted by Crippen LogP contribution is -2.49. The van der Waals surface area contributed by atoms with Crippen LogP contribution in [0.15, 0.2) is 48.5 Å². The van der Waals surface area contributed by atoms with E-state index >= 15 is 0 Å². The van der Waals surface area contributed by atoms with Crippen LogP contribution >= 0.6 is 11.6 Å². The van der Waals surface area contributed by atoms with Crippen LogP contribution in [0.2, 0.25) is 5.02 Å². The highest BCUT2D eigenvalue weighted by Gasteiger charge is 2.26. The van der Waals surface area contributed by atoms with E-state index in [1.54, 1.807) is 17.0 Å². The van der Waals surface area contributed by atoms with Gasteiger partial charge < -0.3 is 9.80 Å². The van der Waals surface area contributed by atoms with E-state index in [-0.39, 0.29) is 11.6 Å². The summed E-state index contributed by atoms with van der Waals surface area (Å²) in [5, 5.41) is 11.8. The molecule has 176 valence electrons. The minimum atomic E-state index is -0.486. The lowest BCUT2D eigenvalue weighted by Gasteiger charge is -2.36. The molecule has 1 fully saturated rings. The monoisotopic (exact) mass is 479 g/mol. The van der Waals surface area contributed by atoms with Gasteiger partial charge in [-0.1, -0.05) is 36.7 Å². The summed E-state index contributed by atoms with van der Waals surface area (Å²) in [4.78, 5) is 37.0. The van der Waals surface area contributed by atoms with Gasteiger partial charge in [-0.3, -0.25) is 14.9 Å². The van der Waals surface area contributed by atoms with Gasteiger partial charge in [0.15, 0.2) is 0 Å². The normalized spacial score (nSPS) is 13.7. The van der Waals surface area contributed by atoms with Crippen molar-refractivity contribution >= 4 is 29.0 Å². The molecule has 1 aliphatic rings. The minimum absolute atomic E-state index is 0.0834. The van der Waals surface area contributed by atoms with Crippen LogP contribution in [-0.4, -0.2) is 51.9 Å². The van der Waals surface area contributed by atoms with E-state index in [1.165, 1.54) is 12.1 Å². The third kappa shape index (κ3) is 5.17. The van der Waals surface area contributed by atoms with Crippen LogP contribution in [0.1, 0.15) is 39.9 Å². The maximum atomic E-state index is 13.0. The third-order valence-electron chi connectivity index (χ3n) is 5.98. The van der Waals surface area contributed by atoms with Gasteiger partial charge in [0, 0.05) is 66.6 Å². The molecule has 2 aromatic carbocycles. The van der Waals surface area contributed by atoms with Crippen molar-refractivity contribution in [2.45, 2.75) is 26.7 Å². The standard InChI is InChI=1S/C25H26ClN5O3/c1-3-23-22(15-18-7-9-20(26)10-8-18)24(28-17(2)27-23)29-11-13-30(14-12-29)25(32)19-5-4-6-21(16-19)31(33)34/h4-10,16H,3,11-15H2,1-2H3. The maximum Gasteiger partial charge on any atom is 0.270 e. The number of amides is 1. The summed E-state index contributed by atoms with van der Waals surface area (Å²) >= 11 is 6.06. The van der Waals surface area contributed by atoms with Crippen LogP contribution in [0.4, 0.5) is 11.5 Å². The number of non-ortho nitro benzene ring substituents is 1. The molecule has 2 heterocycles. The van der Waals surface area contributed by atoms with Crippen molar-refractivity contribution < 1.29 is 9.72 Å². The zero-order valence-electron chi connectivity index (χ0n) is 19.2. The van der Waals surface area contributed by atoms with E-state index in [1.807, 2.05) is 31.2 Å². The van der Waals surface area contributed by atoms with Gasteiger partial charge in [-0.15, -0.1) is 0 Å². The molecule has 1 aliphatic heterocycles. The predicted molar refractivity (Wildman–Crippen MR) is 132 cm³/mol. The van der Waals surface area contributed by atoms with E-state index in [0.717, 1.165) is 34.9 Å². The largest absolute Gasteiger partial charge is 0.353 e. The zero-order chi connectivity index (χ0) is 24.2. The van der Waals surface area contributed by atoms with E-state index < -0.39 is 4.92 Å². The number of anilines is 1. The summed E-state index contributed by atoms with van der Waals surface area (Å²) in [6.07, 6.45) is 1.49. The zero-order valence-corrected chi connectivity index (χ0v) is 20.0. The quantitative estimate of drug-likeness (QED) is 0.382. The van der Waals surface area contributed by atoms with Crippen molar-refractivity contribution in [1.29, 1.82) is 0 Å². The average molecular weight is 480 g/mol. The van der Waals surface area contributed by atoms with Gasteiger partial charge in [-0.2, -0.15) is 0 Å². The average Bonchev–Trinajstić information content (AvgIpc) is 2.85. The van der Waals surface area contributed by atoms with Gasteiger partial charge in [-0.05, 0) is 37.1 Å². The van der Waals surface area contributed by atoms with Gasteiger partial charge in [-0.25, -0.2) is 9.97 Å². The summed E-state index contributed by atoms with van der Waals surface area (Å²) in [7, 11) is 0. The Kier molecular flexibility index (Phi) is 7.07. The fourth-order valence-electron chi connectivity index (χ4n) is 4.24. The number of piperazine rings is 1. The Morgan fingerprint density at radius 3 is 2.44 bits per heavy atom. The Hall–Kier alpha value is -3.52. The van der Waals surface area contributed by atoms with E-state index in [9.17, 15) is 14.9 Å². The first kappa shape index (κ1) is 23.6. The van der Waals surface area contributed by atoms with Crippen LogP contribution < -0.4 is 4.90 Å². The molecule has 34 heavy (non-hydrogen) atoms. The molecule has 8 nitrogen and oxygen atoms in total. The second-order valence-electron chi connectivity index (χ2n) is 8.26. The lowest BCUT2D eigenvalue weighted by atomic mass is 10.0. The van der Waals surface area contributed by atoms with Crippen molar-refractivity contribution in [3.8, 4) is 0 Å². The van der Waals surface area contributed by atoms with Crippen LogP contribution in [-0.2, 0) is 12.8 Å². The first-order valence-corrected chi connectivity index (χ1v) is 11.6. The number of rotatable bonds is 6. The molecule has 0 bridgehead atoms. The minimum Gasteiger partial charge on any atom is -0.353 e. The predicted octanol–water partition coefficient (Wildman–Crippen LogP) is 4.46. The maximum absolute atomic E-state index is 13.0. The smallest absolute Gasteiger partial charge is 0.270 e. The molecule has 0 N–H and O–H groups in total. The van der Waals surface area contributed by atoms with Crippen molar-refractivity contribution in [3.63, 3.8) is 0 Å². The second kappa shape index (κ2) is 10.2. The number of benzene rings is 2. The van der Waals surface area contributed by atoms with Crippen molar-refractivity contribution in [3.05, 3.63) is 91.9 Å². The van der Waals surface area contributed by atoms with Crippen LogP contribution in [0.5, 0.6) is 0 Å². The first-order valence-electron chi connectivity index (χ1n) is 11.2. The van der Waals surface area contributed by atoms with Gasteiger partial charge in [0.05, 0.1) is 4.92 Å². The highest BCUT2D eigenvalue weighted by molar-refractivity contribution is 6.30. The molecule has 0 atom stereocenters. The summed E-state index contributed by atoms with van der Waals surface area (Å²) < 4.78 is 0. The molecule has 0 unspecified atom stereocenters. The fourth-order valence-corrected chi connectivity index (χ4v) is 4.36. The SMILES string of the molecule is CCc1nc(C)nc(N2CCN(C(=O)c3cccc([N+](=O)[O-])c3)CC2)c1Cc1ccc(Cl)cc1. The summed E-state index contributed by atoms with van der Waals surface area (Å²) in [5.41, 5.74) is 3.49. The number of nitro groups is 1. The topological polar surface area (TPSA) is 92.5 Å². The van der Waals surface area contributed by atoms with Crippen molar-refractivity contribution in [1.82, 2.24) is 14.9 Å². The van der Waals surface area contributed by atoms with Crippen LogP contribution in [0, 0.1) is 17.0 Å². The number of carbonyl (C=O) groups is 1. The van der Waals surface area contributed by atoms with E-state index in [0.29, 0.717) is 43.2 Å². The van der Waals surface area contributed by atoms with E-state index in [4.69, 9.17) is 16.6 Å². The van der Waals surface area contributed by atoms with Crippen molar-refractivity contribution in [2.75, 3.05) is 31.1 Å². The fraction of sp³-hybridized carbons (Fsp3) is 0.320. The van der Waals surface area contributed by atoms with Crippen LogP contribution in [0.25, 0.3) is 0 Å². The Morgan fingerprint density at radius 1 is 1.09 bits per heavy atom. The molecule has 9 heteroatoms. The van der Waals surface area contributed by atoms with Gasteiger partial charge >= 0.3 is 0 Å². The summed E-state index contributed by atoms with van der Waals surface area (Å²) in [6, 6.07) is 13.7. The van der Waals surface area contributed by atoms with Gasteiger partial charge in [0.1, 0.15) is 11.6 Å². The molecule has 1 aromatic heterocycles. The number of halogens is 1. The van der Waals surface area contributed by atoms with Crippen molar-refractivity contribution in [2.24, 2.45) is 0 Å². The second-order valence-corrected chi connectivity index (χ2v) is 8.70. The molecule has 4 rings (SSSR count). The molecule has 0 saturated carbocycles. The first-order chi connectivity index (χ1) is 16.4. The Balaban J connectivity index is 1.54. The Labute approximate surface area is 203 Å². The Bertz CT molecular complexity index is 1210. The molecule has 1 amide bonds. The summed E-state index contributed by atoms with van der Waals surface area (Å²) in [6.45, 7) is 6.24. The van der Waals surface area contributed by atoms with E-state index in [2.05, 4.69) is 16.8 Å². The number of hydrogen-bond donors (Lipinski definition) is 0. The molecular formula is C25H26ClN5O3. The number of nitro benzene ring substituents is 1. The van der Waals surface area contributed by atoms with Gasteiger partial charge in [0.25, 0.3) is 11.6 Å². The highest BCUT2D eigenvalue weighted by atomic mass is 35.5.